The van der Waals surface area contributed by atoms with Crippen molar-refractivity contribution in [3.05, 3.63) is 72.3 Å². The van der Waals surface area contributed by atoms with Crippen molar-refractivity contribution in [3.8, 4) is 23.0 Å². The van der Waals surface area contributed by atoms with Gasteiger partial charge in [-0.1, -0.05) is 18.2 Å². The summed E-state index contributed by atoms with van der Waals surface area (Å²) in [6.07, 6.45) is -0.644. The van der Waals surface area contributed by atoms with E-state index in [2.05, 4.69) is 5.32 Å². The molecule has 0 aromatic heterocycles. The van der Waals surface area contributed by atoms with E-state index in [0.29, 0.717) is 47.3 Å². The number of rotatable bonds is 6. The van der Waals surface area contributed by atoms with Crippen LogP contribution in [-0.2, 0) is 4.79 Å². The fourth-order valence-electron chi connectivity index (χ4n) is 3.73. The van der Waals surface area contributed by atoms with Gasteiger partial charge in [0.15, 0.2) is 17.6 Å². The van der Waals surface area contributed by atoms with E-state index in [-0.39, 0.29) is 18.6 Å². The summed E-state index contributed by atoms with van der Waals surface area (Å²) in [6.45, 7) is 2.56. The van der Waals surface area contributed by atoms with Crippen molar-refractivity contribution in [1.29, 1.82) is 0 Å². The topological polar surface area (TPSA) is 86.3 Å². The number of fused-ring (bicyclic) bond motifs is 2. The summed E-state index contributed by atoms with van der Waals surface area (Å²) in [5, 5.41) is 2.86. The molecule has 1 N–H and O–H groups in total. The molecule has 168 valence electrons. The first-order valence-corrected chi connectivity index (χ1v) is 10.6. The van der Waals surface area contributed by atoms with Gasteiger partial charge >= 0.3 is 0 Å². The number of para-hydroxylation sites is 1. The monoisotopic (exact) mass is 446 g/mol. The highest BCUT2D eigenvalue weighted by molar-refractivity contribution is 6.05. The number of carbonyl (C=O) groups is 2. The van der Waals surface area contributed by atoms with Crippen molar-refractivity contribution in [2.24, 2.45) is 0 Å². The molecule has 2 amide bonds. The molecule has 0 radical (unpaired) electrons. The van der Waals surface area contributed by atoms with Crippen LogP contribution in [0.25, 0.3) is 0 Å². The quantitative estimate of drug-likeness (QED) is 0.619. The van der Waals surface area contributed by atoms with Crippen molar-refractivity contribution in [1.82, 2.24) is 0 Å². The van der Waals surface area contributed by atoms with E-state index in [1.807, 2.05) is 30.3 Å². The Bertz CT molecular complexity index is 1200. The lowest BCUT2D eigenvalue weighted by molar-refractivity contribution is -0.125. The molecule has 0 saturated carbocycles. The maximum atomic E-state index is 12.7. The smallest absolute Gasteiger partial charge is 0.267 e. The standard InChI is InChI=1S/C25H22N2O6/c1-16-25(29)27(11-12-30-19-5-3-2-4-6-19)20-9-8-18(14-22(20)33-16)26-24(28)17-7-10-21-23(13-17)32-15-31-21/h2-10,13-14,16H,11-12,15H2,1H3,(H,26,28). The third-order valence-corrected chi connectivity index (χ3v) is 5.39. The number of nitrogens with one attached hydrogen (secondary N) is 1. The lowest BCUT2D eigenvalue weighted by atomic mass is 10.1. The summed E-state index contributed by atoms with van der Waals surface area (Å²) >= 11 is 0. The summed E-state index contributed by atoms with van der Waals surface area (Å²) in [5.74, 6) is 1.98. The Balaban J connectivity index is 1.30. The third kappa shape index (κ3) is 4.27. The predicted molar refractivity (Wildman–Crippen MR) is 121 cm³/mol. The van der Waals surface area contributed by atoms with Crippen LogP contribution in [-0.4, -0.2) is 37.9 Å². The molecule has 0 spiro atoms. The van der Waals surface area contributed by atoms with Crippen LogP contribution in [0.3, 0.4) is 0 Å². The summed E-state index contributed by atoms with van der Waals surface area (Å²) in [6, 6.07) is 19.7. The lowest BCUT2D eigenvalue weighted by Gasteiger charge is -2.33. The zero-order valence-electron chi connectivity index (χ0n) is 17.9. The number of nitrogens with zero attached hydrogens (tertiary/aromatic N) is 1. The van der Waals surface area contributed by atoms with Crippen LogP contribution >= 0.6 is 0 Å². The van der Waals surface area contributed by atoms with Crippen LogP contribution in [0.2, 0.25) is 0 Å². The normalized spacial score (nSPS) is 16.1. The molecule has 0 bridgehead atoms. The van der Waals surface area contributed by atoms with Crippen LogP contribution in [0.4, 0.5) is 11.4 Å². The molecular weight excluding hydrogens is 424 g/mol. The highest BCUT2D eigenvalue weighted by atomic mass is 16.7. The molecule has 2 heterocycles. The first-order valence-electron chi connectivity index (χ1n) is 10.6. The minimum Gasteiger partial charge on any atom is -0.492 e. The fraction of sp³-hybridized carbons (Fsp3) is 0.200. The van der Waals surface area contributed by atoms with E-state index in [4.69, 9.17) is 18.9 Å². The average Bonchev–Trinajstić information content (AvgIpc) is 3.30. The van der Waals surface area contributed by atoms with Crippen molar-refractivity contribution >= 4 is 23.2 Å². The summed E-state index contributed by atoms with van der Waals surface area (Å²) in [5.41, 5.74) is 1.63. The SMILES string of the molecule is CC1Oc2cc(NC(=O)c3ccc4c(c3)OCO4)ccc2N(CCOc2ccccc2)C1=O. The Labute approximate surface area is 190 Å². The van der Waals surface area contributed by atoms with Crippen molar-refractivity contribution in [2.75, 3.05) is 30.2 Å². The van der Waals surface area contributed by atoms with E-state index in [1.165, 1.54) is 0 Å². The van der Waals surface area contributed by atoms with Gasteiger partial charge in [-0.05, 0) is 49.4 Å². The lowest BCUT2D eigenvalue weighted by Crippen LogP contribution is -2.46. The number of hydrogen-bond donors (Lipinski definition) is 1. The third-order valence-electron chi connectivity index (χ3n) is 5.39. The molecule has 0 fully saturated rings. The highest BCUT2D eigenvalue weighted by Crippen LogP contribution is 2.37. The van der Waals surface area contributed by atoms with E-state index in [9.17, 15) is 9.59 Å². The molecule has 8 nitrogen and oxygen atoms in total. The zero-order valence-corrected chi connectivity index (χ0v) is 17.9. The van der Waals surface area contributed by atoms with Crippen LogP contribution in [0, 0.1) is 0 Å². The number of hydrogen-bond acceptors (Lipinski definition) is 6. The molecule has 2 aliphatic rings. The van der Waals surface area contributed by atoms with Crippen LogP contribution in [0.15, 0.2) is 66.7 Å². The van der Waals surface area contributed by atoms with Gasteiger partial charge in [-0.25, -0.2) is 0 Å². The second kappa shape index (κ2) is 8.74. The van der Waals surface area contributed by atoms with Crippen LogP contribution in [0.1, 0.15) is 17.3 Å². The second-order valence-corrected chi connectivity index (χ2v) is 7.62. The number of anilines is 2. The van der Waals surface area contributed by atoms with Crippen molar-refractivity contribution in [2.45, 2.75) is 13.0 Å². The van der Waals surface area contributed by atoms with Gasteiger partial charge in [0, 0.05) is 17.3 Å². The van der Waals surface area contributed by atoms with Gasteiger partial charge in [0.25, 0.3) is 11.8 Å². The van der Waals surface area contributed by atoms with Gasteiger partial charge in [-0.3, -0.25) is 9.59 Å². The molecule has 33 heavy (non-hydrogen) atoms. The van der Waals surface area contributed by atoms with Gasteiger partial charge in [0.2, 0.25) is 6.79 Å². The van der Waals surface area contributed by atoms with Gasteiger partial charge in [0.05, 0.1) is 12.2 Å². The van der Waals surface area contributed by atoms with E-state index in [1.54, 1.807) is 48.2 Å². The molecule has 3 aromatic carbocycles. The second-order valence-electron chi connectivity index (χ2n) is 7.62. The number of carbonyl (C=O) groups excluding carboxylic acids is 2. The molecule has 3 aromatic rings. The number of amides is 2. The maximum absolute atomic E-state index is 12.7. The molecule has 0 saturated heterocycles. The first-order chi connectivity index (χ1) is 16.1. The van der Waals surface area contributed by atoms with Crippen molar-refractivity contribution in [3.63, 3.8) is 0 Å². The fourth-order valence-corrected chi connectivity index (χ4v) is 3.73. The Morgan fingerprint density at radius 1 is 1.03 bits per heavy atom. The van der Waals surface area contributed by atoms with E-state index in [0.717, 1.165) is 5.75 Å². The van der Waals surface area contributed by atoms with Crippen LogP contribution < -0.4 is 29.2 Å². The van der Waals surface area contributed by atoms with Gasteiger partial charge in [-0.15, -0.1) is 0 Å². The molecule has 0 aliphatic carbocycles. The van der Waals surface area contributed by atoms with Crippen molar-refractivity contribution < 1.29 is 28.5 Å². The van der Waals surface area contributed by atoms with Gasteiger partial charge < -0.3 is 29.2 Å². The Morgan fingerprint density at radius 3 is 2.70 bits per heavy atom. The predicted octanol–water partition coefficient (Wildman–Crippen LogP) is 3.86. The van der Waals surface area contributed by atoms with E-state index >= 15 is 0 Å². The highest BCUT2D eigenvalue weighted by Gasteiger charge is 2.31. The van der Waals surface area contributed by atoms with Crippen LogP contribution in [0.5, 0.6) is 23.0 Å². The molecule has 1 atom stereocenters. The number of benzene rings is 3. The van der Waals surface area contributed by atoms with Gasteiger partial charge in [-0.2, -0.15) is 0 Å². The zero-order chi connectivity index (χ0) is 22.8. The molecule has 1 unspecified atom stereocenters. The molecular formula is C25H22N2O6. The molecule has 8 heteroatoms. The Morgan fingerprint density at radius 2 is 1.85 bits per heavy atom. The number of ether oxygens (including phenoxy) is 4. The largest absolute Gasteiger partial charge is 0.492 e. The summed E-state index contributed by atoms with van der Waals surface area (Å²) in [7, 11) is 0. The Kier molecular flexibility index (Phi) is 5.48. The summed E-state index contributed by atoms with van der Waals surface area (Å²) in [4.78, 5) is 27.1. The average molecular weight is 446 g/mol. The maximum Gasteiger partial charge on any atom is 0.267 e. The molecule has 2 aliphatic heterocycles. The molecule has 5 rings (SSSR count). The van der Waals surface area contributed by atoms with E-state index < -0.39 is 6.10 Å². The first kappa shape index (κ1) is 20.7. The Hall–Kier alpha value is -4.20. The summed E-state index contributed by atoms with van der Waals surface area (Å²) < 4.78 is 22.2. The minimum atomic E-state index is -0.644. The van der Waals surface area contributed by atoms with Gasteiger partial charge in [0.1, 0.15) is 18.1 Å². The minimum absolute atomic E-state index is 0.142.